The molecular weight excluding hydrogens is 564 g/mol. The number of anilines is 2. The van der Waals surface area contributed by atoms with Gasteiger partial charge in [-0.2, -0.15) is 0 Å². The summed E-state index contributed by atoms with van der Waals surface area (Å²) < 4.78 is 22.1. The van der Waals surface area contributed by atoms with Crippen LogP contribution in [-0.2, 0) is 38.1 Å². The van der Waals surface area contributed by atoms with Gasteiger partial charge in [-0.05, 0) is 48.6 Å². The lowest BCUT2D eigenvalue weighted by Gasteiger charge is -2.45. The van der Waals surface area contributed by atoms with Gasteiger partial charge in [-0.15, -0.1) is 0 Å². The number of carbonyl (C=O) groups excluding carboxylic acids is 4. The third-order valence-corrected chi connectivity index (χ3v) is 6.98. The van der Waals surface area contributed by atoms with Crippen molar-refractivity contribution in [2.24, 2.45) is 0 Å². The summed E-state index contributed by atoms with van der Waals surface area (Å²) in [7, 11) is 0. The SMILES string of the molecule is O=C1OC2(CCC3(CC2)OC(=O)C(=C/C=C\C=C\Nc2ccccc2)C(=O)O3)OC(=O)C1=C/C=C\C=C\Nc1ccccc1. The molecule has 0 bridgehead atoms. The fraction of sp³-hybridized carbons (Fsp3) is 0.176. The number of esters is 4. The van der Waals surface area contributed by atoms with Crippen molar-refractivity contribution in [3.05, 3.63) is 133 Å². The monoisotopic (exact) mass is 594 g/mol. The molecule has 0 atom stereocenters. The molecule has 1 saturated carbocycles. The van der Waals surface area contributed by atoms with Gasteiger partial charge in [0.2, 0.25) is 0 Å². The molecule has 10 nitrogen and oxygen atoms in total. The van der Waals surface area contributed by atoms with Gasteiger partial charge in [0.05, 0.1) is 0 Å². The molecule has 2 aliphatic heterocycles. The van der Waals surface area contributed by atoms with Crippen molar-refractivity contribution in [2.45, 2.75) is 37.3 Å². The Kier molecular flexibility index (Phi) is 9.19. The fourth-order valence-electron chi connectivity index (χ4n) is 4.70. The smallest absolute Gasteiger partial charge is 0.348 e. The number of ether oxygens (including phenoxy) is 4. The summed E-state index contributed by atoms with van der Waals surface area (Å²) in [5.74, 6) is -6.35. The van der Waals surface area contributed by atoms with Gasteiger partial charge in [0.1, 0.15) is 11.1 Å². The molecule has 0 radical (unpaired) electrons. The maximum absolute atomic E-state index is 12.7. The number of hydrogen-bond acceptors (Lipinski definition) is 10. The summed E-state index contributed by atoms with van der Waals surface area (Å²) in [6.07, 6.45) is 15.7. The molecule has 3 fully saturated rings. The first-order chi connectivity index (χ1) is 21.4. The van der Waals surface area contributed by atoms with E-state index in [1.54, 1.807) is 36.7 Å². The number of para-hydroxylation sites is 2. The van der Waals surface area contributed by atoms with Gasteiger partial charge in [-0.25, -0.2) is 19.2 Å². The second-order valence-corrected chi connectivity index (χ2v) is 10.0. The highest BCUT2D eigenvalue weighted by molar-refractivity contribution is 6.16. The first kappa shape index (κ1) is 29.8. The van der Waals surface area contributed by atoms with Crippen molar-refractivity contribution in [3.8, 4) is 0 Å². The number of nitrogens with one attached hydrogen (secondary N) is 2. The zero-order chi connectivity index (χ0) is 30.8. The standard InChI is InChI=1S/C34H30N2O8/c37-29-27(17-9-3-11-23-35-25-13-5-1-6-14-25)30(38)42-33(41-29)19-21-34(22-20-33)43-31(39)28(32(40)44-34)18-10-4-12-24-36-26-15-7-2-8-16-26/h1-18,23-24,35-36H,19-22H2/b9-3-,10-4-,23-11+,24-12+,27-17?,28-18?. The molecule has 2 spiro atoms. The maximum Gasteiger partial charge on any atom is 0.348 e. The van der Waals surface area contributed by atoms with Crippen LogP contribution in [0.5, 0.6) is 0 Å². The number of benzene rings is 2. The van der Waals surface area contributed by atoms with Crippen LogP contribution in [-0.4, -0.2) is 35.5 Å². The third kappa shape index (κ3) is 7.40. The highest BCUT2D eigenvalue weighted by Gasteiger charge is 2.56. The molecule has 0 amide bonds. The van der Waals surface area contributed by atoms with Gasteiger partial charge in [-0.1, -0.05) is 60.7 Å². The summed E-state index contributed by atoms with van der Waals surface area (Å²) in [4.78, 5) is 50.7. The van der Waals surface area contributed by atoms with E-state index in [0.717, 1.165) is 11.4 Å². The van der Waals surface area contributed by atoms with Crippen LogP contribution in [0.3, 0.4) is 0 Å². The Hall–Kier alpha value is -5.64. The van der Waals surface area contributed by atoms with E-state index in [9.17, 15) is 19.2 Å². The summed E-state index contributed by atoms with van der Waals surface area (Å²) in [6.45, 7) is 0. The summed E-state index contributed by atoms with van der Waals surface area (Å²) in [5.41, 5.74) is 1.33. The van der Waals surface area contributed by atoms with E-state index < -0.39 is 35.5 Å². The van der Waals surface area contributed by atoms with E-state index in [0.29, 0.717) is 0 Å². The lowest BCUT2D eigenvalue weighted by molar-refractivity contribution is -0.291. The van der Waals surface area contributed by atoms with E-state index in [1.807, 2.05) is 60.7 Å². The molecule has 1 aliphatic carbocycles. The predicted molar refractivity (Wildman–Crippen MR) is 161 cm³/mol. The van der Waals surface area contributed by atoms with Crippen molar-refractivity contribution in [3.63, 3.8) is 0 Å². The molecule has 10 heteroatoms. The molecule has 224 valence electrons. The van der Waals surface area contributed by atoms with Crippen molar-refractivity contribution in [2.75, 3.05) is 10.6 Å². The number of rotatable bonds is 8. The van der Waals surface area contributed by atoms with Crippen molar-refractivity contribution < 1.29 is 38.1 Å². The summed E-state index contributed by atoms with van der Waals surface area (Å²) in [6, 6.07) is 19.1. The van der Waals surface area contributed by atoms with Crippen LogP contribution < -0.4 is 10.6 Å². The van der Waals surface area contributed by atoms with Crippen molar-refractivity contribution in [1.29, 1.82) is 0 Å². The summed E-state index contributed by atoms with van der Waals surface area (Å²) in [5, 5.41) is 6.17. The van der Waals surface area contributed by atoms with Crippen LogP contribution in [0.2, 0.25) is 0 Å². The van der Waals surface area contributed by atoms with Gasteiger partial charge in [0.15, 0.2) is 0 Å². The molecule has 0 unspecified atom stereocenters. The minimum Gasteiger partial charge on any atom is -0.419 e. The molecule has 2 heterocycles. The molecule has 3 aliphatic rings. The molecular formula is C34H30N2O8. The Balaban J connectivity index is 1.11. The predicted octanol–water partition coefficient (Wildman–Crippen LogP) is 5.37. The van der Waals surface area contributed by atoms with E-state index in [1.165, 1.54) is 24.3 Å². The van der Waals surface area contributed by atoms with Gasteiger partial charge in [0, 0.05) is 49.5 Å². The van der Waals surface area contributed by atoms with Gasteiger partial charge >= 0.3 is 23.9 Å². The largest absolute Gasteiger partial charge is 0.419 e. The van der Waals surface area contributed by atoms with Crippen LogP contribution >= 0.6 is 0 Å². The first-order valence-corrected chi connectivity index (χ1v) is 14.0. The summed E-state index contributed by atoms with van der Waals surface area (Å²) >= 11 is 0. The normalized spacial score (nSPS) is 23.7. The van der Waals surface area contributed by atoms with E-state index in [-0.39, 0.29) is 36.8 Å². The Bertz CT molecular complexity index is 1410. The minimum atomic E-state index is -1.53. The zero-order valence-corrected chi connectivity index (χ0v) is 23.6. The maximum atomic E-state index is 12.7. The molecule has 2 N–H and O–H groups in total. The van der Waals surface area contributed by atoms with Crippen LogP contribution in [0.25, 0.3) is 0 Å². The van der Waals surface area contributed by atoms with E-state index >= 15 is 0 Å². The minimum absolute atomic E-state index is 0.0137. The van der Waals surface area contributed by atoms with Crippen LogP contribution in [0, 0.1) is 0 Å². The Morgan fingerprint density at radius 1 is 0.477 bits per heavy atom. The molecule has 44 heavy (non-hydrogen) atoms. The van der Waals surface area contributed by atoms with Gasteiger partial charge < -0.3 is 29.6 Å². The van der Waals surface area contributed by atoms with Gasteiger partial charge in [0.25, 0.3) is 11.6 Å². The van der Waals surface area contributed by atoms with E-state index in [2.05, 4.69) is 10.6 Å². The first-order valence-electron chi connectivity index (χ1n) is 14.0. The average molecular weight is 595 g/mol. The lowest BCUT2D eigenvalue weighted by Crippen LogP contribution is -2.56. The molecule has 2 saturated heterocycles. The van der Waals surface area contributed by atoms with Crippen molar-refractivity contribution in [1.82, 2.24) is 0 Å². The highest BCUT2D eigenvalue weighted by atomic mass is 16.8. The topological polar surface area (TPSA) is 129 Å². The number of allylic oxidation sites excluding steroid dienone is 8. The molecule has 0 aromatic heterocycles. The third-order valence-electron chi connectivity index (χ3n) is 6.98. The van der Waals surface area contributed by atoms with Crippen molar-refractivity contribution >= 4 is 35.3 Å². The second-order valence-electron chi connectivity index (χ2n) is 10.0. The van der Waals surface area contributed by atoms with E-state index in [4.69, 9.17) is 18.9 Å². The van der Waals surface area contributed by atoms with Crippen LogP contribution in [0.4, 0.5) is 11.4 Å². The Labute approximate surface area is 254 Å². The molecule has 2 aromatic rings. The Morgan fingerprint density at radius 3 is 1.16 bits per heavy atom. The molecule has 5 rings (SSSR count). The number of carbonyl (C=O) groups is 4. The zero-order valence-electron chi connectivity index (χ0n) is 23.6. The quantitative estimate of drug-likeness (QED) is 0.178. The second kappa shape index (κ2) is 13.6. The highest BCUT2D eigenvalue weighted by Crippen LogP contribution is 2.45. The fourth-order valence-corrected chi connectivity index (χ4v) is 4.70. The van der Waals surface area contributed by atoms with Crippen LogP contribution in [0.15, 0.2) is 133 Å². The Morgan fingerprint density at radius 2 is 0.818 bits per heavy atom. The number of hydrogen-bond donors (Lipinski definition) is 2. The lowest BCUT2D eigenvalue weighted by atomic mass is 9.87. The van der Waals surface area contributed by atoms with Gasteiger partial charge in [-0.3, -0.25) is 0 Å². The average Bonchev–Trinajstić information content (AvgIpc) is 3.02. The molecule has 2 aromatic carbocycles. The van der Waals surface area contributed by atoms with Crippen LogP contribution in [0.1, 0.15) is 25.7 Å².